The van der Waals surface area contributed by atoms with Crippen molar-refractivity contribution in [1.82, 2.24) is 0 Å². The van der Waals surface area contributed by atoms with Gasteiger partial charge in [0.25, 0.3) is 0 Å². The summed E-state index contributed by atoms with van der Waals surface area (Å²) >= 11 is 2.09. The minimum Gasteiger partial charge on any atom is -0.178 e. The molecule has 0 aromatic heterocycles. The Kier molecular flexibility index (Phi) is 2.30. The van der Waals surface area contributed by atoms with Crippen molar-refractivity contribution >= 4 is 18.5 Å². The average Bonchev–Trinajstić information content (AvgIpc) is 1.62. The number of thioether (sulfide) groups is 1. The molecule has 1 unspecified atom stereocenters. The summed E-state index contributed by atoms with van der Waals surface area (Å²) in [5.74, 6) is 0.983. The van der Waals surface area contributed by atoms with Gasteiger partial charge in [-0.1, -0.05) is 26.1 Å². The van der Waals surface area contributed by atoms with Crippen LogP contribution in [0.25, 0.3) is 0 Å². The Balaban J connectivity index is 2.13. The van der Waals surface area contributed by atoms with Gasteiger partial charge in [-0.25, -0.2) is 0 Å². The van der Waals surface area contributed by atoms with E-state index in [0.717, 1.165) is 12.5 Å². The Morgan fingerprint density at radius 1 is 1.62 bits per heavy atom. The molecule has 1 saturated heterocycles. The first kappa shape index (κ1) is 6.53. The molecule has 0 nitrogen and oxygen atoms in total. The zero-order chi connectivity index (χ0) is 5.98. The molecule has 0 bridgehead atoms. The molecule has 1 fully saturated rings. The third kappa shape index (κ3) is 1.22. The third-order valence-corrected chi connectivity index (χ3v) is 3.44. The van der Waals surface area contributed by atoms with Gasteiger partial charge in [0.1, 0.15) is 0 Å². The van der Waals surface area contributed by atoms with Gasteiger partial charge in [-0.05, 0) is 11.3 Å². The molecule has 1 heterocycles. The first-order chi connectivity index (χ1) is 3.84. The summed E-state index contributed by atoms with van der Waals surface area (Å²) in [6.45, 7) is 5.71. The molecule has 46 valence electrons. The largest absolute Gasteiger partial charge is 0.178 e. The van der Waals surface area contributed by atoms with E-state index in [4.69, 9.17) is 0 Å². The highest BCUT2D eigenvalue weighted by molar-refractivity contribution is 8.05. The lowest BCUT2D eigenvalue weighted by molar-refractivity contribution is 0.855. The van der Waals surface area contributed by atoms with Crippen LogP contribution in [-0.4, -0.2) is 18.0 Å². The summed E-state index contributed by atoms with van der Waals surface area (Å²) in [4.78, 5) is 0. The van der Waals surface area contributed by atoms with Gasteiger partial charge in [0, 0.05) is 0 Å². The van der Waals surface area contributed by atoms with E-state index in [1.807, 2.05) is 0 Å². The van der Waals surface area contributed by atoms with Crippen LogP contribution < -0.4 is 0 Å². The van der Waals surface area contributed by atoms with Crippen molar-refractivity contribution in [2.75, 3.05) is 11.3 Å². The van der Waals surface area contributed by atoms with E-state index in [0.29, 0.717) is 0 Å². The van der Waals surface area contributed by atoms with Crippen molar-refractivity contribution in [3.8, 4) is 0 Å². The van der Waals surface area contributed by atoms with E-state index in [1.54, 1.807) is 0 Å². The van der Waals surface area contributed by atoms with Crippen LogP contribution in [0.1, 0.15) is 20.3 Å². The van der Waals surface area contributed by atoms with Crippen LogP contribution in [-0.2, 0) is 0 Å². The summed E-state index contributed by atoms with van der Waals surface area (Å²) in [7, 11) is 0. The van der Waals surface area contributed by atoms with Crippen LogP contribution >= 0.6 is 11.8 Å². The first-order valence-corrected chi connectivity index (χ1v) is 4.57. The van der Waals surface area contributed by atoms with Crippen molar-refractivity contribution < 1.29 is 0 Å². The van der Waals surface area contributed by atoms with Crippen LogP contribution in [0.4, 0.5) is 0 Å². The zero-order valence-electron chi connectivity index (χ0n) is 5.68. The number of rotatable bonds is 2. The molecule has 0 N–H and O–H groups in total. The Morgan fingerprint density at radius 3 is 2.38 bits per heavy atom. The molecular weight excluding hydrogens is 115 g/mol. The van der Waals surface area contributed by atoms with Crippen LogP contribution in [0, 0.1) is 0 Å². The molecule has 2 heteroatoms. The predicted octanol–water partition coefficient (Wildman–Crippen LogP) is 2.11. The highest BCUT2D eigenvalue weighted by atomic mass is 32.2. The van der Waals surface area contributed by atoms with E-state index in [1.165, 1.54) is 17.7 Å². The van der Waals surface area contributed by atoms with Crippen molar-refractivity contribution in [2.45, 2.75) is 26.1 Å². The third-order valence-electron chi connectivity index (χ3n) is 2.11. The fraction of sp³-hybridized carbons (Fsp3) is 1.00. The quantitative estimate of drug-likeness (QED) is 0.513. The van der Waals surface area contributed by atoms with Crippen LogP contribution in [0.5, 0.6) is 0 Å². The van der Waals surface area contributed by atoms with E-state index < -0.39 is 0 Å². The molecule has 0 saturated carbocycles. The lowest BCUT2D eigenvalue weighted by atomic mass is 9.43. The summed E-state index contributed by atoms with van der Waals surface area (Å²) < 4.78 is 0. The molecule has 0 spiro atoms. The Labute approximate surface area is 56.5 Å². The van der Waals surface area contributed by atoms with Gasteiger partial charge >= 0.3 is 0 Å². The maximum atomic E-state index is 2.37. The van der Waals surface area contributed by atoms with Crippen molar-refractivity contribution in [2.24, 2.45) is 0 Å². The molecule has 1 atom stereocenters. The first-order valence-electron chi connectivity index (χ1n) is 3.42. The molecule has 1 rings (SSSR count). The molecule has 0 aromatic rings. The Morgan fingerprint density at radius 2 is 2.25 bits per heavy atom. The molecule has 0 amide bonds. The second kappa shape index (κ2) is 2.81. The summed E-state index contributed by atoms with van der Waals surface area (Å²) in [5.41, 5.74) is 2.85. The topological polar surface area (TPSA) is 0 Å². The SMILES string of the molecule is CCC(C)B1CSC1. The smallest absolute Gasteiger partial charge is 0.164 e. The summed E-state index contributed by atoms with van der Waals surface area (Å²) in [6.07, 6.45) is 1.37. The fourth-order valence-electron chi connectivity index (χ4n) is 0.916. The molecular formula is C6H13BS. The molecule has 0 aliphatic carbocycles. The van der Waals surface area contributed by atoms with E-state index in [-0.39, 0.29) is 0 Å². The normalized spacial score (nSPS) is 22.5. The molecule has 1 aliphatic heterocycles. The van der Waals surface area contributed by atoms with E-state index in [9.17, 15) is 0 Å². The van der Waals surface area contributed by atoms with Gasteiger partial charge in [0.05, 0.1) is 0 Å². The van der Waals surface area contributed by atoms with Gasteiger partial charge in [-0.15, -0.1) is 0 Å². The van der Waals surface area contributed by atoms with Crippen LogP contribution in [0.15, 0.2) is 0 Å². The van der Waals surface area contributed by atoms with Crippen molar-refractivity contribution in [1.29, 1.82) is 0 Å². The van der Waals surface area contributed by atoms with Crippen molar-refractivity contribution in [3.63, 3.8) is 0 Å². The highest BCUT2D eigenvalue weighted by Crippen LogP contribution is 2.27. The molecule has 0 radical (unpaired) electrons. The minimum absolute atomic E-state index is 0.983. The second-order valence-corrected chi connectivity index (χ2v) is 3.76. The highest BCUT2D eigenvalue weighted by Gasteiger charge is 2.26. The van der Waals surface area contributed by atoms with Crippen molar-refractivity contribution in [3.05, 3.63) is 0 Å². The molecule has 1 aliphatic rings. The Hall–Kier alpha value is 0.415. The lowest BCUT2D eigenvalue weighted by Crippen LogP contribution is -2.34. The van der Waals surface area contributed by atoms with E-state index in [2.05, 4.69) is 25.6 Å². The zero-order valence-corrected chi connectivity index (χ0v) is 6.50. The van der Waals surface area contributed by atoms with Gasteiger partial charge < -0.3 is 0 Å². The maximum absolute atomic E-state index is 2.37. The van der Waals surface area contributed by atoms with Crippen LogP contribution in [0.2, 0.25) is 5.82 Å². The number of hydrogen-bond acceptors (Lipinski definition) is 1. The van der Waals surface area contributed by atoms with Crippen LogP contribution in [0.3, 0.4) is 0 Å². The second-order valence-electron chi connectivity index (χ2n) is 2.68. The summed E-state index contributed by atoms with van der Waals surface area (Å²) in [5, 5.41) is 0. The predicted molar refractivity (Wildman–Crippen MR) is 42.8 cm³/mol. The monoisotopic (exact) mass is 128 g/mol. The number of hydrogen-bond donors (Lipinski definition) is 0. The average molecular weight is 128 g/mol. The molecule has 8 heavy (non-hydrogen) atoms. The summed E-state index contributed by atoms with van der Waals surface area (Å²) in [6, 6.07) is 0. The van der Waals surface area contributed by atoms with E-state index >= 15 is 0 Å². The van der Waals surface area contributed by atoms with Gasteiger partial charge in [0.2, 0.25) is 0 Å². The maximum Gasteiger partial charge on any atom is 0.164 e. The molecule has 0 aromatic carbocycles. The van der Waals surface area contributed by atoms with Gasteiger partial charge in [0.15, 0.2) is 6.71 Å². The minimum atomic E-state index is 0.983. The fourth-order valence-corrected chi connectivity index (χ4v) is 2.08. The van der Waals surface area contributed by atoms with Gasteiger partial charge in [-0.2, -0.15) is 11.8 Å². The standard InChI is InChI=1S/C6H13BS/c1-3-6(2)7-4-8-5-7/h6H,3-5H2,1-2H3. The lowest BCUT2D eigenvalue weighted by Gasteiger charge is -2.26. The van der Waals surface area contributed by atoms with Gasteiger partial charge in [-0.3, -0.25) is 0 Å². The Bertz CT molecular complexity index is 68.2.